The summed E-state index contributed by atoms with van der Waals surface area (Å²) in [5.74, 6) is -0.641. The van der Waals surface area contributed by atoms with Crippen molar-refractivity contribution >= 4 is 34.5 Å². The number of hydrogen-bond donors (Lipinski definition) is 0. The maximum Gasteiger partial charge on any atom is 0.348 e. The minimum absolute atomic E-state index is 0.0612. The second kappa shape index (κ2) is 7.25. The number of nitriles is 1. The number of hydrogen-bond acceptors (Lipinski definition) is 3. The summed E-state index contributed by atoms with van der Waals surface area (Å²) < 4.78 is 6.91. The molecule has 0 N–H and O–H groups in total. The Balaban J connectivity index is 2.23. The van der Waals surface area contributed by atoms with Crippen LogP contribution in [0.15, 0.2) is 60.3 Å². The van der Waals surface area contributed by atoms with Crippen LogP contribution in [0.5, 0.6) is 0 Å². The number of para-hydroxylation sites is 1. The van der Waals surface area contributed by atoms with E-state index in [1.54, 1.807) is 13.0 Å². The first kappa shape index (κ1) is 16.8. The van der Waals surface area contributed by atoms with Crippen molar-refractivity contribution in [2.75, 3.05) is 6.61 Å². The van der Waals surface area contributed by atoms with E-state index in [1.165, 1.54) is 6.08 Å². The van der Waals surface area contributed by atoms with Crippen LogP contribution in [-0.4, -0.2) is 17.1 Å². The molecule has 0 spiro atoms. The number of carbonyl (C=O) groups is 1. The first-order chi connectivity index (χ1) is 12.2. The van der Waals surface area contributed by atoms with Gasteiger partial charge in [-0.05, 0) is 37.3 Å². The summed E-state index contributed by atoms with van der Waals surface area (Å²) in [4.78, 5) is 11.9. The van der Waals surface area contributed by atoms with Crippen molar-refractivity contribution in [1.29, 1.82) is 5.26 Å². The number of benzene rings is 2. The summed E-state index contributed by atoms with van der Waals surface area (Å²) >= 11 is 6.39. The zero-order valence-electron chi connectivity index (χ0n) is 13.6. The lowest BCUT2D eigenvalue weighted by Gasteiger charge is -2.04. The Labute approximate surface area is 150 Å². The third-order valence-corrected chi connectivity index (χ3v) is 4.07. The molecule has 3 aromatic rings. The summed E-state index contributed by atoms with van der Waals surface area (Å²) in [5.41, 5.74) is 2.48. The molecule has 3 rings (SSSR count). The van der Waals surface area contributed by atoms with E-state index in [2.05, 4.69) is 0 Å². The Hall–Kier alpha value is -3.03. The fourth-order valence-corrected chi connectivity index (χ4v) is 2.96. The highest BCUT2D eigenvalue weighted by molar-refractivity contribution is 6.36. The standard InChI is InChI=1S/C20H15ClN2O2/c1-2-25-20(24)14(12-22)11-15-13-23(16-7-4-3-5-8-16)18-10-6-9-17(21)19(15)18/h3-11,13H,2H2,1H3/b14-11+. The largest absolute Gasteiger partial charge is 0.462 e. The number of halogens is 1. The smallest absolute Gasteiger partial charge is 0.348 e. The minimum atomic E-state index is -0.641. The quantitative estimate of drug-likeness (QED) is 0.387. The molecule has 0 atom stereocenters. The van der Waals surface area contributed by atoms with Crippen molar-refractivity contribution < 1.29 is 9.53 Å². The van der Waals surface area contributed by atoms with Crippen molar-refractivity contribution in [3.63, 3.8) is 0 Å². The van der Waals surface area contributed by atoms with Crippen LogP contribution in [0, 0.1) is 11.3 Å². The number of esters is 1. The van der Waals surface area contributed by atoms with Crippen molar-refractivity contribution in [1.82, 2.24) is 4.57 Å². The number of aromatic nitrogens is 1. The lowest BCUT2D eigenvalue weighted by Crippen LogP contribution is -2.05. The first-order valence-corrected chi connectivity index (χ1v) is 8.17. The molecule has 0 saturated carbocycles. The molecule has 0 unspecified atom stereocenters. The van der Waals surface area contributed by atoms with E-state index in [0.29, 0.717) is 10.6 Å². The van der Waals surface area contributed by atoms with E-state index in [-0.39, 0.29) is 12.2 Å². The molecule has 0 aliphatic heterocycles. The van der Waals surface area contributed by atoms with E-state index in [0.717, 1.165) is 16.6 Å². The molecular weight excluding hydrogens is 336 g/mol. The third kappa shape index (κ3) is 3.28. The third-order valence-electron chi connectivity index (χ3n) is 3.76. The maximum atomic E-state index is 11.9. The van der Waals surface area contributed by atoms with Gasteiger partial charge in [-0.2, -0.15) is 5.26 Å². The zero-order valence-corrected chi connectivity index (χ0v) is 14.3. The number of rotatable bonds is 4. The van der Waals surface area contributed by atoms with Crippen LogP contribution in [0.25, 0.3) is 22.7 Å². The van der Waals surface area contributed by atoms with Crippen molar-refractivity contribution in [3.05, 3.63) is 70.9 Å². The topological polar surface area (TPSA) is 55.0 Å². The molecular formula is C20H15ClN2O2. The first-order valence-electron chi connectivity index (χ1n) is 7.79. The molecule has 1 heterocycles. The summed E-state index contributed by atoms with van der Waals surface area (Å²) in [6.07, 6.45) is 3.38. The van der Waals surface area contributed by atoms with Gasteiger partial charge in [0.2, 0.25) is 0 Å². The molecule has 0 bridgehead atoms. The van der Waals surface area contributed by atoms with Crippen LogP contribution < -0.4 is 0 Å². The highest BCUT2D eigenvalue weighted by Gasteiger charge is 2.15. The van der Waals surface area contributed by atoms with Crippen molar-refractivity contribution in [3.8, 4) is 11.8 Å². The van der Waals surface area contributed by atoms with E-state index >= 15 is 0 Å². The van der Waals surface area contributed by atoms with Gasteiger partial charge in [0.15, 0.2) is 0 Å². The van der Waals surface area contributed by atoms with Crippen LogP contribution in [0.3, 0.4) is 0 Å². The number of carbonyl (C=O) groups excluding carboxylic acids is 1. The van der Waals surface area contributed by atoms with Gasteiger partial charge < -0.3 is 9.30 Å². The van der Waals surface area contributed by atoms with Gasteiger partial charge in [-0.1, -0.05) is 35.9 Å². The molecule has 1 aromatic heterocycles. The van der Waals surface area contributed by atoms with Gasteiger partial charge >= 0.3 is 5.97 Å². The number of nitrogens with zero attached hydrogens (tertiary/aromatic N) is 2. The predicted molar refractivity (Wildman–Crippen MR) is 98.5 cm³/mol. The molecule has 0 fully saturated rings. The van der Waals surface area contributed by atoms with E-state index in [9.17, 15) is 10.1 Å². The summed E-state index contributed by atoms with van der Waals surface area (Å²) in [7, 11) is 0. The average molecular weight is 351 g/mol. The SMILES string of the molecule is CCOC(=O)/C(C#N)=C/c1cn(-c2ccccc2)c2cccc(Cl)c12. The second-order valence-corrected chi connectivity index (χ2v) is 5.72. The molecule has 25 heavy (non-hydrogen) atoms. The molecule has 0 aliphatic rings. The van der Waals surface area contributed by atoms with E-state index in [1.807, 2.05) is 59.3 Å². The summed E-state index contributed by atoms with van der Waals surface area (Å²) in [5, 5.41) is 10.6. The molecule has 4 nitrogen and oxygen atoms in total. The lowest BCUT2D eigenvalue weighted by molar-refractivity contribution is -0.137. The van der Waals surface area contributed by atoms with E-state index in [4.69, 9.17) is 16.3 Å². The van der Waals surface area contributed by atoms with Gasteiger partial charge in [-0.25, -0.2) is 4.79 Å². The highest BCUT2D eigenvalue weighted by atomic mass is 35.5. The highest BCUT2D eigenvalue weighted by Crippen LogP contribution is 2.32. The van der Waals surface area contributed by atoms with Gasteiger partial charge in [0.25, 0.3) is 0 Å². The van der Waals surface area contributed by atoms with Gasteiger partial charge in [0, 0.05) is 22.8 Å². The predicted octanol–water partition coefficient (Wildman–Crippen LogP) is 4.75. The maximum absolute atomic E-state index is 11.9. The zero-order chi connectivity index (χ0) is 17.8. The normalized spacial score (nSPS) is 11.3. The lowest BCUT2D eigenvalue weighted by atomic mass is 10.1. The molecule has 0 amide bonds. The Morgan fingerprint density at radius 2 is 2.00 bits per heavy atom. The van der Waals surface area contributed by atoms with Gasteiger partial charge in [-0.3, -0.25) is 0 Å². The summed E-state index contributed by atoms with van der Waals surface area (Å²) in [6, 6.07) is 17.3. The Morgan fingerprint density at radius 3 is 2.68 bits per heavy atom. The van der Waals surface area contributed by atoms with Gasteiger partial charge in [0.1, 0.15) is 11.6 Å². The number of ether oxygens (including phenoxy) is 1. The Morgan fingerprint density at radius 1 is 1.24 bits per heavy atom. The van der Waals surface area contributed by atoms with Crippen LogP contribution in [0.4, 0.5) is 0 Å². The molecule has 2 aromatic carbocycles. The van der Waals surface area contributed by atoms with Gasteiger partial charge in [-0.15, -0.1) is 0 Å². The Bertz CT molecular complexity index is 998. The monoisotopic (exact) mass is 350 g/mol. The molecule has 124 valence electrons. The molecule has 0 saturated heterocycles. The van der Waals surface area contributed by atoms with Crippen molar-refractivity contribution in [2.24, 2.45) is 0 Å². The molecule has 0 radical (unpaired) electrons. The van der Waals surface area contributed by atoms with Gasteiger partial charge in [0.05, 0.1) is 17.1 Å². The van der Waals surface area contributed by atoms with Crippen LogP contribution >= 0.6 is 11.6 Å². The number of fused-ring (bicyclic) bond motifs is 1. The van der Waals surface area contributed by atoms with Crippen LogP contribution in [0.2, 0.25) is 5.02 Å². The fourth-order valence-electron chi connectivity index (χ4n) is 2.69. The average Bonchev–Trinajstić information content (AvgIpc) is 3.00. The Kier molecular flexibility index (Phi) is 4.87. The summed E-state index contributed by atoms with van der Waals surface area (Å²) in [6.45, 7) is 1.91. The minimum Gasteiger partial charge on any atom is -0.462 e. The van der Waals surface area contributed by atoms with Crippen LogP contribution in [-0.2, 0) is 9.53 Å². The molecule has 0 aliphatic carbocycles. The van der Waals surface area contributed by atoms with Crippen LogP contribution in [0.1, 0.15) is 12.5 Å². The fraction of sp³-hybridized carbons (Fsp3) is 0.100. The second-order valence-electron chi connectivity index (χ2n) is 5.31. The molecule has 5 heteroatoms. The van der Waals surface area contributed by atoms with Crippen molar-refractivity contribution in [2.45, 2.75) is 6.92 Å². The van der Waals surface area contributed by atoms with E-state index < -0.39 is 5.97 Å².